The molecule has 1 saturated heterocycles. The molecule has 0 bridgehead atoms. The number of likely N-dealkylation sites (tertiary alicyclic amines) is 1. The van der Waals surface area contributed by atoms with E-state index in [1.165, 1.54) is 5.56 Å². The Morgan fingerprint density at radius 2 is 2.04 bits per heavy atom. The molecule has 0 aliphatic carbocycles. The van der Waals surface area contributed by atoms with Crippen molar-refractivity contribution in [3.8, 4) is 0 Å². The van der Waals surface area contributed by atoms with E-state index in [2.05, 4.69) is 27.4 Å². The molecule has 1 fully saturated rings. The van der Waals surface area contributed by atoms with Gasteiger partial charge in [0.05, 0.1) is 11.7 Å². The third-order valence-electron chi connectivity index (χ3n) is 4.32. The summed E-state index contributed by atoms with van der Waals surface area (Å²) in [4.78, 5) is 34.2. The van der Waals surface area contributed by atoms with Gasteiger partial charge in [0.25, 0.3) is 0 Å². The molecule has 25 heavy (non-hydrogen) atoms. The average Bonchev–Trinajstić information content (AvgIpc) is 2.99. The number of benzene rings is 1. The lowest BCUT2D eigenvalue weighted by Crippen LogP contribution is -2.37. The average molecular weight is 338 g/mol. The fraction of sp³-hybridized carbons (Fsp3) is 0.368. The van der Waals surface area contributed by atoms with Crippen molar-refractivity contribution in [2.24, 2.45) is 0 Å². The Labute approximate surface area is 147 Å². The SMILES string of the molecule is O=C(CCc1cnccn1)NC1CC(=O)N(CCc2ccccc2)C1. The minimum Gasteiger partial charge on any atom is -0.351 e. The van der Waals surface area contributed by atoms with E-state index in [0.29, 0.717) is 32.4 Å². The monoisotopic (exact) mass is 338 g/mol. The van der Waals surface area contributed by atoms with Crippen LogP contribution in [0, 0.1) is 0 Å². The number of carbonyl (C=O) groups is 2. The largest absolute Gasteiger partial charge is 0.351 e. The van der Waals surface area contributed by atoms with Crippen LogP contribution in [0.5, 0.6) is 0 Å². The molecule has 130 valence electrons. The standard InChI is InChI=1S/C19H22N4O2/c24-18(7-6-16-13-20-9-10-21-16)22-17-12-19(25)23(14-17)11-8-15-4-2-1-3-5-15/h1-5,9-10,13,17H,6-8,11-12,14H2,(H,22,24). The minimum atomic E-state index is -0.0994. The summed E-state index contributed by atoms with van der Waals surface area (Å²) >= 11 is 0. The van der Waals surface area contributed by atoms with Crippen LogP contribution in [0.4, 0.5) is 0 Å². The van der Waals surface area contributed by atoms with Crippen LogP contribution < -0.4 is 5.32 Å². The maximum Gasteiger partial charge on any atom is 0.224 e. The number of aryl methyl sites for hydroxylation is 1. The van der Waals surface area contributed by atoms with Gasteiger partial charge < -0.3 is 10.2 Å². The highest BCUT2D eigenvalue weighted by atomic mass is 16.2. The third-order valence-corrected chi connectivity index (χ3v) is 4.32. The molecule has 1 aromatic heterocycles. The van der Waals surface area contributed by atoms with Gasteiger partial charge in [-0.25, -0.2) is 0 Å². The zero-order chi connectivity index (χ0) is 17.5. The summed E-state index contributed by atoms with van der Waals surface area (Å²) in [5, 5.41) is 2.96. The quantitative estimate of drug-likeness (QED) is 0.827. The lowest BCUT2D eigenvalue weighted by molar-refractivity contribution is -0.127. The Kier molecular flexibility index (Phi) is 5.72. The predicted molar refractivity (Wildman–Crippen MR) is 93.6 cm³/mol. The zero-order valence-electron chi connectivity index (χ0n) is 14.1. The van der Waals surface area contributed by atoms with E-state index >= 15 is 0 Å². The molecule has 1 atom stereocenters. The molecule has 1 unspecified atom stereocenters. The molecule has 0 radical (unpaired) electrons. The summed E-state index contributed by atoms with van der Waals surface area (Å²) in [6, 6.07) is 10.0. The van der Waals surface area contributed by atoms with Crippen molar-refractivity contribution in [2.45, 2.75) is 31.7 Å². The maximum absolute atomic E-state index is 12.1. The molecule has 1 aliphatic rings. The van der Waals surface area contributed by atoms with Crippen molar-refractivity contribution < 1.29 is 9.59 Å². The number of hydrogen-bond donors (Lipinski definition) is 1. The van der Waals surface area contributed by atoms with Crippen LogP contribution in [0.1, 0.15) is 24.1 Å². The summed E-state index contributed by atoms with van der Waals surface area (Å²) in [6.07, 6.45) is 7.01. The van der Waals surface area contributed by atoms with E-state index in [1.807, 2.05) is 23.1 Å². The zero-order valence-corrected chi connectivity index (χ0v) is 14.1. The van der Waals surface area contributed by atoms with E-state index in [1.54, 1.807) is 18.6 Å². The topological polar surface area (TPSA) is 75.2 Å². The Balaban J connectivity index is 1.41. The summed E-state index contributed by atoms with van der Waals surface area (Å²) < 4.78 is 0. The maximum atomic E-state index is 12.1. The van der Waals surface area contributed by atoms with E-state index in [9.17, 15) is 9.59 Å². The fourth-order valence-electron chi connectivity index (χ4n) is 2.99. The van der Waals surface area contributed by atoms with Gasteiger partial charge >= 0.3 is 0 Å². The van der Waals surface area contributed by atoms with E-state index < -0.39 is 0 Å². The van der Waals surface area contributed by atoms with Crippen LogP contribution in [-0.2, 0) is 22.4 Å². The first-order valence-electron chi connectivity index (χ1n) is 8.56. The Hall–Kier alpha value is -2.76. The molecule has 6 nitrogen and oxygen atoms in total. The van der Waals surface area contributed by atoms with Crippen molar-refractivity contribution in [2.75, 3.05) is 13.1 Å². The number of rotatable bonds is 7. The van der Waals surface area contributed by atoms with Crippen LogP contribution in [0.2, 0.25) is 0 Å². The molecule has 3 rings (SSSR count). The molecule has 2 heterocycles. The van der Waals surface area contributed by atoms with E-state index in [0.717, 1.165) is 12.1 Å². The molecular formula is C19H22N4O2. The van der Waals surface area contributed by atoms with Gasteiger partial charge in [-0.3, -0.25) is 19.6 Å². The minimum absolute atomic E-state index is 0.0478. The molecule has 0 saturated carbocycles. The molecule has 2 aromatic rings. The number of hydrogen-bond acceptors (Lipinski definition) is 4. The van der Waals surface area contributed by atoms with Gasteiger partial charge in [0.1, 0.15) is 0 Å². The van der Waals surface area contributed by atoms with Crippen molar-refractivity contribution in [3.05, 3.63) is 60.2 Å². The van der Waals surface area contributed by atoms with E-state index in [-0.39, 0.29) is 17.9 Å². The molecule has 2 amide bonds. The summed E-state index contributed by atoms with van der Waals surface area (Å²) in [7, 11) is 0. The Bertz CT molecular complexity index is 706. The normalized spacial score (nSPS) is 16.9. The highest BCUT2D eigenvalue weighted by Crippen LogP contribution is 2.13. The second kappa shape index (κ2) is 8.37. The van der Waals surface area contributed by atoms with Crippen molar-refractivity contribution in [1.82, 2.24) is 20.2 Å². The second-order valence-corrected chi connectivity index (χ2v) is 6.24. The lowest BCUT2D eigenvalue weighted by atomic mass is 10.1. The van der Waals surface area contributed by atoms with Gasteiger partial charge in [-0.05, 0) is 18.4 Å². The van der Waals surface area contributed by atoms with Gasteiger partial charge in [-0.1, -0.05) is 30.3 Å². The number of nitrogens with zero attached hydrogens (tertiary/aromatic N) is 3. The van der Waals surface area contributed by atoms with Crippen LogP contribution in [0.15, 0.2) is 48.9 Å². The van der Waals surface area contributed by atoms with Gasteiger partial charge in [-0.15, -0.1) is 0 Å². The molecule has 6 heteroatoms. The van der Waals surface area contributed by atoms with Gasteiger partial charge in [0, 0.05) is 44.5 Å². The van der Waals surface area contributed by atoms with Gasteiger partial charge in [-0.2, -0.15) is 0 Å². The molecule has 1 N–H and O–H groups in total. The summed E-state index contributed by atoms with van der Waals surface area (Å²) in [6.45, 7) is 1.28. The number of nitrogens with one attached hydrogen (secondary N) is 1. The van der Waals surface area contributed by atoms with Crippen LogP contribution in [-0.4, -0.2) is 45.8 Å². The molecule has 1 aromatic carbocycles. The highest BCUT2D eigenvalue weighted by Gasteiger charge is 2.30. The van der Waals surface area contributed by atoms with Gasteiger partial charge in [0.15, 0.2) is 0 Å². The Morgan fingerprint density at radius 3 is 2.80 bits per heavy atom. The lowest BCUT2D eigenvalue weighted by Gasteiger charge is -2.17. The number of carbonyl (C=O) groups excluding carboxylic acids is 2. The van der Waals surface area contributed by atoms with Gasteiger partial charge in [0.2, 0.25) is 11.8 Å². The second-order valence-electron chi connectivity index (χ2n) is 6.24. The highest BCUT2D eigenvalue weighted by molar-refractivity contribution is 5.82. The van der Waals surface area contributed by atoms with Crippen molar-refractivity contribution in [1.29, 1.82) is 0 Å². The molecular weight excluding hydrogens is 316 g/mol. The van der Waals surface area contributed by atoms with Crippen molar-refractivity contribution >= 4 is 11.8 Å². The predicted octanol–water partition coefficient (Wildman–Crippen LogP) is 1.37. The first kappa shape index (κ1) is 17.1. The summed E-state index contributed by atoms with van der Waals surface area (Å²) in [5.74, 6) is 0.0588. The smallest absolute Gasteiger partial charge is 0.224 e. The summed E-state index contributed by atoms with van der Waals surface area (Å²) in [5.41, 5.74) is 2.01. The van der Waals surface area contributed by atoms with E-state index in [4.69, 9.17) is 0 Å². The molecule has 0 spiro atoms. The Morgan fingerprint density at radius 1 is 1.20 bits per heavy atom. The fourth-order valence-corrected chi connectivity index (χ4v) is 2.99. The number of aromatic nitrogens is 2. The van der Waals surface area contributed by atoms with Crippen LogP contribution in [0.25, 0.3) is 0 Å². The van der Waals surface area contributed by atoms with Crippen LogP contribution >= 0.6 is 0 Å². The first-order chi connectivity index (χ1) is 12.2. The first-order valence-corrected chi connectivity index (χ1v) is 8.56. The molecule has 1 aliphatic heterocycles. The number of amides is 2. The van der Waals surface area contributed by atoms with Crippen molar-refractivity contribution in [3.63, 3.8) is 0 Å². The van der Waals surface area contributed by atoms with Crippen LogP contribution in [0.3, 0.4) is 0 Å². The third kappa shape index (κ3) is 5.11.